The van der Waals surface area contributed by atoms with Crippen LogP contribution >= 0.6 is 0 Å². The van der Waals surface area contributed by atoms with Crippen molar-refractivity contribution in [3.8, 4) is 5.88 Å². The number of aromatic nitrogens is 3. The SMILES string of the molecule is CC(=O)N1CCC(C)(C=Cc2cnn3c(O)c(C(=O)NC4CC4)c(=O)n(CC(C)C)c23)CC1. The Labute approximate surface area is 193 Å². The molecule has 2 aromatic heterocycles. The summed E-state index contributed by atoms with van der Waals surface area (Å²) in [6.07, 6.45) is 9.11. The van der Waals surface area contributed by atoms with Gasteiger partial charge in [0.25, 0.3) is 11.5 Å². The van der Waals surface area contributed by atoms with Gasteiger partial charge in [0.15, 0.2) is 5.56 Å². The highest BCUT2D eigenvalue weighted by atomic mass is 16.3. The Hall–Kier alpha value is -3.10. The number of carbonyl (C=O) groups is 2. The number of aromatic hydroxyl groups is 1. The van der Waals surface area contributed by atoms with Crippen LogP contribution in [0.1, 0.15) is 69.3 Å². The molecule has 1 saturated heterocycles. The number of allylic oxidation sites excluding steroid dienone is 1. The molecule has 2 fully saturated rings. The van der Waals surface area contributed by atoms with Crippen LogP contribution in [0.2, 0.25) is 0 Å². The number of carbonyl (C=O) groups excluding carboxylic acids is 2. The Balaban J connectivity index is 1.73. The van der Waals surface area contributed by atoms with Crippen molar-refractivity contribution in [2.75, 3.05) is 13.1 Å². The molecule has 0 aromatic carbocycles. The number of hydrogen-bond acceptors (Lipinski definition) is 5. The Morgan fingerprint density at radius 2 is 1.97 bits per heavy atom. The molecule has 4 rings (SSSR count). The monoisotopic (exact) mass is 455 g/mol. The number of fused-ring (bicyclic) bond motifs is 1. The first-order valence-electron chi connectivity index (χ1n) is 11.7. The van der Waals surface area contributed by atoms with E-state index in [0.717, 1.165) is 25.7 Å². The maximum absolute atomic E-state index is 13.3. The third kappa shape index (κ3) is 4.67. The van der Waals surface area contributed by atoms with Crippen LogP contribution in [0.4, 0.5) is 0 Å². The molecule has 2 aromatic rings. The molecule has 178 valence electrons. The molecule has 0 unspecified atom stereocenters. The van der Waals surface area contributed by atoms with Gasteiger partial charge in [-0.15, -0.1) is 0 Å². The molecule has 2 N–H and O–H groups in total. The van der Waals surface area contributed by atoms with Gasteiger partial charge in [-0.3, -0.25) is 19.0 Å². The fraction of sp³-hybridized carbons (Fsp3) is 0.583. The number of piperidine rings is 1. The summed E-state index contributed by atoms with van der Waals surface area (Å²) < 4.78 is 2.82. The van der Waals surface area contributed by atoms with Crippen molar-refractivity contribution in [1.82, 2.24) is 24.4 Å². The smallest absolute Gasteiger partial charge is 0.270 e. The molecule has 2 aliphatic rings. The second kappa shape index (κ2) is 8.68. The molecule has 1 saturated carbocycles. The van der Waals surface area contributed by atoms with E-state index in [2.05, 4.69) is 23.4 Å². The van der Waals surface area contributed by atoms with E-state index >= 15 is 0 Å². The number of hydrogen-bond donors (Lipinski definition) is 2. The van der Waals surface area contributed by atoms with Crippen LogP contribution in [0, 0.1) is 11.3 Å². The summed E-state index contributed by atoms with van der Waals surface area (Å²) in [6.45, 7) is 9.56. The van der Waals surface area contributed by atoms with Gasteiger partial charge in [-0.05, 0) is 37.0 Å². The number of likely N-dealkylation sites (tertiary alicyclic amines) is 1. The van der Waals surface area contributed by atoms with Crippen LogP contribution < -0.4 is 10.9 Å². The largest absolute Gasteiger partial charge is 0.492 e. The molecule has 9 nitrogen and oxygen atoms in total. The molecule has 33 heavy (non-hydrogen) atoms. The highest BCUT2D eigenvalue weighted by molar-refractivity contribution is 5.96. The van der Waals surface area contributed by atoms with Gasteiger partial charge in [0.2, 0.25) is 11.8 Å². The zero-order valence-electron chi connectivity index (χ0n) is 19.8. The molecule has 0 spiro atoms. The molecule has 9 heteroatoms. The third-order valence-electron chi connectivity index (χ3n) is 6.61. The van der Waals surface area contributed by atoms with Crippen molar-refractivity contribution in [3.05, 3.63) is 33.8 Å². The van der Waals surface area contributed by atoms with Crippen LogP contribution in [-0.2, 0) is 11.3 Å². The summed E-state index contributed by atoms with van der Waals surface area (Å²) in [5.74, 6) is -0.751. The van der Waals surface area contributed by atoms with Gasteiger partial charge in [-0.2, -0.15) is 9.61 Å². The van der Waals surface area contributed by atoms with Crippen molar-refractivity contribution < 1.29 is 14.7 Å². The average molecular weight is 456 g/mol. The minimum atomic E-state index is -0.559. The summed E-state index contributed by atoms with van der Waals surface area (Å²) in [6, 6.07) is 0.0665. The topological polar surface area (TPSA) is 109 Å². The van der Waals surface area contributed by atoms with Crippen LogP contribution in [-0.4, -0.2) is 55.1 Å². The zero-order valence-corrected chi connectivity index (χ0v) is 19.8. The molecule has 0 atom stereocenters. The fourth-order valence-corrected chi connectivity index (χ4v) is 4.34. The minimum Gasteiger partial charge on any atom is -0.492 e. The summed E-state index contributed by atoms with van der Waals surface area (Å²) in [7, 11) is 0. The lowest BCUT2D eigenvalue weighted by Gasteiger charge is -2.37. The fourth-order valence-electron chi connectivity index (χ4n) is 4.34. The number of nitrogens with zero attached hydrogens (tertiary/aromatic N) is 4. The van der Waals surface area contributed by atoms with Gasteiger partial charge in [0, 0.05) is 38.2 Å². The predicted octanol–water partition coefficient (Wildman–Crippen LogP) is 2.41. The molecule has 1 aliphatic carbocycles. The molecular weight excluding hydrogens is 422 g/mol. The Kier molecular flexibility index (Phi) is 6.07. The second-order valence-electron chi connectivity index (χ2n) is 10.1. The summed E-state index contributed by atoms with van der Waals surface area (Å²) in [5.41, 5.74) is 0.304. The van der Waals surface area contributed by atoms with Crippen molar-refractivity contribution >= 4 is 23.5 Å². The van der Waals surface area contributed by atoms with Gasteiger partial charge in [0.05, 0.1) is 6.20 Å². The first-order valence-corrected chi connectivity index (χ1v) is 11.7. The molecule has 1 aliphatic heterocycles. The first kappa shape index (κ1) is 23.1. The minimum absolute atomic E-state index is 0.0665. The van der Waals surface area contributed by atoms with Gasteiger partial charge in [0.1, 0.15) is 5.65 Å². The standard InChI is InChI=1S/C24H33N5O4/c1-15(2)14-28-21-17(7-8-24(4)9-11-27(12-10-24)16(3)30)13-25-29(21)23(33)19(22(28)32)20(31)26-18-5-6-18/h7-8,13,15,18,33H,5-6,9-12,14H2,1-4H3,(H,26,31). The van der Waals surface area contributed by atoms with E-state index in [-0.39, 0.29) is 28.8 Å². The van der Waals surface area contributed by atoms with E-state index in [1.54, 1.807) is 17.7 Å². The lowest BCUT2D eigenvalue weighted by atomic mass is 9.80. The van der Waals surface area contributed by atoms with E-state index in [1.807, 2.05) is 24.8 Å². The Morgan fingerprint density at radius 3 is 2.55 bits per heavy atom. The predicted molar refractivity (Wildman–Crippen MR) is 125 cm³/mol. The van der Waals surface area contributed by atoms with Crippen molar-refractivity contribution in [2.24, 2.45) is 11.3 Å². The summed E-state index contributed by atoms with van der Waals surface area (Å²) in [5, 5.41) is 17.9. The lowest BCUT2D eigenvalue weighted by molar-refractivity contribution is -0.130. The average Bonchev–Trinajstić information content (AvgIpc) is 3.45. The molecule has 0 bridgehead atoms. The van der Waals surface area contributed by atoms with Gasteiger partial charge in [-0.1, -0.05) is 32.9 Å². The van der Waals surface area contributed by atoms with Crippen LogP contribution in [0.3, 0.4) is 0 Å². The van der Waals surface area contributed by atoms with E-state index in [4.69, 9.17) is 0 Å². The number of amides is 2. The van der Waals surface area contributed by atoms with Crippen LogP contribution in [0.5, 0.6) is 5.88 Å². The second-order valence-corrected chi connectivity index (χ2v) is 10.1. The first-order chi connectivity index (χ1) is 15.6. The lowest BCUT2D eigenvalue weighted by Crippen LogP contribution is -2.40. The molecular formula is C24H33N5O4. The summed E-state index contributed by atoms with van der Waals surface area (Å²) >= 11 is 0. The molecule has 2 amide bonds. The highest BCUT2D eigenvalue weighted by Gasteiger charge is 2.31. The van der Waals surface area contributed by atoms with E-state index in [0.29, 0.717) is 30.8 Å². The maximum atomic E-state index is 13.3. The maximum Gasteiger partial charge on any atom is 0.270 e. The van der Waals surface area contributed by atoms with Gasteiger partial charge < -0.3 is 15.3 Å². The normalized spacial score (nSPS) is 18.4. The van der Waals surface area contributed by atoms with Crippen molar-refractivity contribution in [2.45, 2.75) is 66.0 Å². The molecule has 0 radical (unpaired) electrons. The van der Waals surface area contributed by atoms with E-state index in [9.17, 15) is 19.5 Å². The Bertz CT molecular complexity index is 1160. The number of rotatable bonds is 6. The third-order valence-corrected chi connectivity index (χ3v) is 6.61. The van der Waals surface area contributed by atoms with E-state index < -0.39 is 17.3 Å². The quantitative estimate of drug-likeness (QED) is 0.695. The van der Waals surface area contributed by atoms with E-state index in [1.165, 1.54) is 4.52 Å². The summed E-state index contributed by atoms with van der Waals surface area (Å²) in [4.78, 5) is 39.5. The van der Waals surface area contributed by atoms with Gasteiger partial charge in [-0.25, -0.2) is 0 Å². The van der Waals surface area contributed by atoms with Crippen LogP contribution in [0.15, 0.2) is 17.1 Å². The zero-order chi connectivity index (χ0) is 23.9. The van der Waals surface area contributed by atoms with Crippen LogP contribution in [0.25, 0.3) is 11.7 Å². The van der Waals surface area contributed by atoms with Crippen molar-refractivity contribution in [3.63, 3.8) is 0 Å². The van der Waals surface area contributed by atoms with Crippen molar-refractivity contribution in [1.29, 1.82) is 0 Å². The highest BCUT2D eigenvalue weighted by Crippen LogP contribution is 2.33. The number of nitrogens with one attached hydrogen (secondary N) is 1. The van der Waals surface area contributed by atoms with Gasteiger partial charge >= 0.3 is 0 Å². The molecule has 3 heterocycles. The Morgan fingerprint density at radius 1 is 1.30 bits per heavy atom.